The summed E-state index contributed by atoms with van der Waals surface area (Å²) in [5.74, 6) is -0.821. The van der Waals surface area contributed by atoms with Crippen LogP contribution < -0.4 is 4.90 Å². The summed E-state index contributed by atoms with van der Waals surface area (Å²) in [5, 5.41) is 1.76. The third-order valence-electron chi connectivity index (χ3n) is 11.5. The molecule has 0 saturated carbocycles. The Labute approximate surface area is 374 Å². The molecule has 18 heteroatoms. The highest BCUT2D eigenvalue weighted by Gasteiger charge is 2.46. The van der Waals surface area contributed by atoms with Gasteiger partial charge in [0.25, 0.3) is 17.7 Å². The van der Waals surface area contributed by atoms with Crippen molar-refractivity contribution < 1.29 is 46.7 Å². The molecule has 4 aliphatic heterocycles. The van der Waals surface area contributed by atoms with Crippen molar-refractivity contribution in [3.05, 3.63) is 95.4 Å². The van der Waals surface area contributed by atoms with Crippen LogP contribution in [0, 0.1) is 5.41 Å². The smallest absolute Gasteiger partial charge is 0.333 e. The van der Waals surface area contributed by atoms with Crippen molar-refractivity contribution in [1.29, 1.82) is 0 Å². The minimum Gasteiger partial charge on any atom is -0.352 e. The molecule has 0 spiro atoms. The SMILES string of the molecule is CON(C)C(=O)C1=CN(CCCSO)C2N=C(/C=C/C=C/C=C/C=C3/N(CCCCCC(=O)ON4C(=O)CCC4=O)c4ccc(S(=O)O)cc4C3(C)C)C(C)(CCCSO)C2=C1. The summed E-state index contributed by atoms with van der Waals surface area (Å²) in [6.45, 7) is 7.48. The van der Waals surface area contributed by atoms with E-state index in [1.54, 1.807) is 19.2 Å². The number of benzene rings is 1. The second-order valence-corrected chi connectivity index (χ2v) is 18.3. The van der Waals surface area contributed by atoms with Crippen molar-refractivity contribution in [3.8, 4) is 0 Å². The average molecular weight is 912 g/mol. The Kier molecular flexibility index (Phi) is 17.6. The molecule has 0 bridgehead atoms. The number of hydrogen-bond donors (Lipinski definition) is 3. The molecule has 1 saturated heterocycles. The van der Waals surface area contributed by atoms with Gasteiger partial charge in [0, 0.05) is 85.0 Å². The number of hydrogen-bond acceptors (Lipinski definition) is 14. The Morgan fingerprint density at radius 3 is 2.35 bits per heavy atom. The largest absolute Gasteiger partial charge is 0.352 e. The number of allylic oxidation sites excluding steroid dienone is 8. The molecule has 1 aromatic carbocycles. The van der Waals surface area contributed by atoms with Crippen molar-refractivity contribution in [2.24, 2.45) is 10.4 Å². The number of amides is 3. The maximum atomic E-state index is 13.3. The summed E-state index contributed by atoms with van der Waals surface area (Å²) in [7, 11) is 3.01. The number of hydroxylamine groups is 4. The average Bonchev–Trinajstić information content (AvgIpc) is 3.80. The first-order chi connectivity index (χ1) is 29.7. The number of imide groups is 1. The zero-order valence-electron chi connectivity index (χ0n) is 35.9. The molecule has 0 aromatic heterocycles. The zero-order chi connectivity index (χ0) is 45.0. The number of nitrogens with zero attached hydrogens (tertiary/aromatic N) is 5. The van der Waals surface area contributed by atoms with Crippen LogP contribution in [0.2, 0.25) is 0 Å². The van der Waals surface area contributed by atoms with Gasteiger partial charge in [0.15, 0.2) is 11.1 Å². The highest BCUT2D eigenvalue weighted by Crippen LogP contribution is 2.49. The van der Waals surface area contributed by atoms with E-state index in [0.29, 0.717) is 65.8 Å². The van der Waals surface area contributed by atoms with Gasteiger partial charge in [-0.2, -0.15) is 0 Å². The molecule has 336 valence electrons. The lowest BCUT2D eigenvalue weighted by Crippen LogP contribution is -2.39. The normalized spacial score (nSPS) is 21.9. The van der Waals surface area contributed by atoms with Crippen LogP contribution in [0.25, 0.3) is 0 Å². The molecule has 1 aromatic rings. The van der Waals surface area contributed by atoms with E-state index in [1.165, 1.54) is 12.2 Å². The van der Waals surface area contributed by atoms with E-state index in [0.717, 1.165) is 65.2 Å². The fourth-order valence-electron chi connectivity index (χ4n) is 8.10. The molecule has 0 aliphatic carbocycles. The van der Waals surface area contributed by atoms with E-state index in [9.17, 15) is 37.0 Å². The van der Waals surface area contributed by atoms with Crippen LogP contribution in [0.4, 0.5) is 5.69 Å². The van der Waals surface area contributed by atoms with E-state index >= 15 is 0 Å². The summed E-state index contributed by atoms with van der Waals surface area (Å²) < 4.78 is 40.8. The third-order valence-corrected chi connectivity index (χ3v) is 13.1. The molecule has 62 heavy (non-hydrogen) atoms. The Hall–Kier alpha value is -4.30. The quantitative estimate of drug-likeness (QED) is 0.0258. The van der Waals surface area contributed by atoms with Gasteiger partial charge in [-0.25, -0.2) is 14.1 Å². The first-order valence-electron chi connectivity index (χ1n) is 20.6. The van der Waals surface area contributed by atoms with Crippen molar-refractivity contribution in [1.82, 2.24) is 15.0 Å². The van der Waals surface area contributed by atoms with Gasteiger partial charge in [0.05, 0.1) is 17.6 Å². The van der Waals surface area contributed by atoms with Crippen LogP contribution in [-0.4, -0.2) is 107 Å². The maximum Gasteiger partial charge on any atom is 0.333 e. The molecular weight excluding hydrogens is 855 g/mol. The summed E-state index contributed by atoms with van der Waals surface area (Å²) in [5.41, 5.74) is 4.16. The van der Waals surface area contributed by atoms with Gasteiger partial charge >= 0.3 is 5.97 Å². The van der Waals surface area contributed by atoms with Crippen LogP contribution in [0.5, 0.6) is 0 Å². The minimum atomic E-state index is -2.14. The number of carbonyl (C=O) groups excluding carboxylic acids is 4. The molecular formula is C44H57N5O10S3. The third kappa shape index (κ3) is 11.4. The molecule has 3 atom stereocenters. The van der Waals surface area contributed by atoms with Gasteiger partial charge in [-0.05, 0) is 104 Å². The molecule has 4 heterocycles. The summed E-state index contributed by atoms with van der Waals surface area (Å²) in [6.07, 6.45) is 21.3. The van der Waals surface area contributed by atoms with Crippen molar-refractivity contribution in [3.63, 3.8) is 0 Å². The van der Waals surface area contributed by atoms with Gasteiger partial charge in [0.2, 0.25) is 0 Å². The van der Waals surface area contributed by atoms with E-state index in [-0.39, 0.29) is 31.3 Å². The van der Waals surface area contributed by atoms with Gasteiger partial charge in [-0.3, -0.25) is 24.2 Å². The summed E-state index contributed by atoms with van der Waals surface area (Å²) in [4.78, 5) is 69.2. The first kappa shape index (κ1) is 48.7. The van der Waals surface area contributed by atoms with Crippen molar-refractivity contribution >= 4 is 70.3 Å². The van der Waals surface area contributed by atoms with Crippen LogP contribution in [0.3, 0.4) is 0 Å². The Morgan fingerprint density at radius 1 is 0.968 bits per heavy atom. The Morgan fingerprint density at radius 2 is 1.66 bits per heavy atom. The van der Waals surface area contributed by atoms with Gasteiger partial charge in [0.1, 0.15) is 6.17 Å². The molecule has 5 rings (SSSR count). The van der Waals surface area contributed by atoms with Crippen molar-refractivity contribution in [2.45, 2.75) is 95.0 Å². The van der Waals surface area contributed by atoms with Gasteiger partial charge in [-0.15, -0.1) is 5.06 Å². The number of likely N-dealkylation sites (N-methyl/N-ethyl adjacent to an activating group) is 1. The molecule has 4 aliphatic rings. The predicted octanol–water partition coefficient (Wildman–Crippen LogP) is 7.60. The number of rotatable bonds is 22. The maximum absolute atomic E-state index is 13.3. The lowest BCUT2D eigenvalue weighted by atomic mass is 9.73. The van der Waals surface area contributed by atoms with E-state index in [1.807, 2.05) is 65.8 Å². The van der Waals surface area contributed by atoms with Gasteiger partial charge < -0.3 is 28.3 Å². The monoisotopic (exact) mass is 911 g/mol. The van der Waals surface area contributed by atoms with Crippen LogP contribution in [-0.2, 0) is 45.3 Å². The number of unbranched alkanes of at least 4 members (excludes halogenated alkanes) is 2. The van der Waals surface area contributed by atoms with Crippen LogP contribution in [0.1, 0.15) is 84.1 Å². The number of fused-ring (bicyclic) bond motifs is 2. The molecule has 0 radical (unpaired) electrons. The molecule has 15 nitrogen and oxygen atoms in total. The predicted molar refractivity (Wildman–Crippen MR) is 243 cm³/mol. The zero-order valence-corrected chi connectivity index (χ0v) is 38.3. The topological polar surface area (TPSA) is 190 Å². The lowest BCUT2D eigenvalue weighted by molar-refractivity contribution is -0.197. The highest BCUT2D eigenvalue weighted by molar-refractivity contribution is 7.93. The number of carbonyl (C=O) groups is 4. The summed E-state index contributed by atoms with van der Waals surface area (Å²) in [6, 6.07) is 5.30. The highest BCUT2D eigenvalue weighted by atomic mass is 32.2. The lowest BCUT2D eigenvalue weighted by Gasteiger charge is -2.36. The fourth-order valence-corrected chi connectivity index (χ4v) is 9.03. The minimum absolute atomic E-state index is 0.0433. The number of aliphatic imine (C=N–C) groups is 1. The Bertz CT molecular complexity index is 2080. The van der Waals surface area contributed by atoms with Gasteiger partial charge in [-0.1, -0.05) is 57.6 Å². The van der Waals surface area contributed by atoms with E-state index in [2.05, 4.69) is 25.7 Å². The second kappa shape index (κ2) is 22.4. The van der Waals surface area contributed by atoms with E-state index < -0.39 is 39.7 Å². The van der Waals surface area contributed by atoms with Crippen LogP contribution >= 0.6 is 24.1 Å². The Balaban J connectivity index is 1.30. The second-order valence-electron chi connectivity index (χ2n) is 16.0. The number of anilines is 1. The molecule has 1 fully saturated rings. The van der Waals surface area contributed by atoms with Crippen molar-refractivity contribution in [2.75, 3.05) is 43.7 Å². The fraction of sp³-hybridized carbons (Fsp3) is 0.477. The molecule has 3 N–H and O–H groups in total. The first-order valence-corrected chi connectivity index (χ1v) is 23.6. The van der Waals surface area contributed by atoms with Crippen LogP contribution in [0.15, 0.2) is 99.7 Å². The standard InChI is InChI=1S/C44H57N5O10S3/c1-43(2)33-29-32(62(56)57)19-20-35(33)48(25-13-9-12-18-40(52)59-49-38(50)21-22-39(49)51)37(43)17-11-8-6-7-10-16-36-44(3,23-14-26-60-54)34-28-31(42(53)46(4)58-5)30-47(41(34)45-36)24-15-27-61-55/h6-8,10-11,16-17,19-20,28-30,41,54-55H,9,12-15,18,21-27H2,1-5H3,(H,56,57)/b7-6+,11-8+,16-10+,37-17+. The molecule has 3 amide bonds. The molecule has 3 unspecified atom stereocenters. The summed E-state index contributed by atoms with van der Waals surface area (Å²) >= 11 is -0.555. The van der Waals surface area contributed by atoms with E-state index in [4.69, 9.17) is 14.7 Å².